The number of fused-ring (bicyclic) bond motifs is 2. The van der Waals surface area contributed by atoms with E-state index in [0.717, 1.165) is 0 Å². The van der Waals surface area contributed by atoms with E-state index < -0.39 is 46.5 Å². The van der Waals surface area contributed by atoms with Gasteiger partial charge in [-0.2, -0.15) is 4.98 Å². The van der Waals surface area contributed by atoms with E-state index in [9.17, 15) is 4.79 Å². The SMILES string of the molecule is CC(C)[Si]1(C(C)C)OC[C@H]2O[C@@H](n3cnc4c(=O)[nH]c(N)nc43)C(Cl)[C@H]2O[Si](C(C)C)(C(C)C)O1. The first-order valence-corrected chi connectivity index (χ1v) is 16.8. The molecule has 10 nitrogen and oxygen atoms in total. The standard InChI is InChI=1S/C22H38ClN5O5Si2/c1-11(2)34(12(3)4)30-9-15-18(32-35(33-34,13(5)6)14(7)8)16(23)21(31-15)28-10-25-17-19(28)26-22(24)27-20(17)29/h10-16,18,21H,9H2,1-8H3,(H3,24,26,27,29)/t15-,16?,18+,21-/m1/s1. The highest BCUT2D eigenvalue weighted by atomic mass is 35.5. The number of nitrogens with two attached hydrogens (primary N) is 1. The van der Waals surface area contributed by atoms with Gasteiger partial charge in [0.25, 0.3) is 5.56 Å². The Hall–Kier alpha value is -1.29. The van der Waals surface area contributed by atoms with Gasteiger partial charge in [-0.3, -0.25) is 14.3 Å². The molecule has 2 aliphatic rings. The summed E-state index contributed by atoms with van der Waals surface area (Å²) in [5.41, 5.74) is 6.69. The molecule has 2 fully saturated rings. The number of hydrogen-bond acceptors (Lipinski definition) is 8. The highest BCUT2D eigenvalue weighted by molar-refractivity contribution is 6.84. The van der Waals surface area contributed by atoms with Gasteiger partial charge in [0, 0.05) is 0 Å². The van der Waals surface area contributed by atoms with Crippen molar-refractivity contribution in [1.82, 2.24) is 19.5 Å². The third-order valence-corrected chi connectivity index (χ3v) is 18.0. The summed E-state index contributed by atoms with van der Waals surface area (Å²) in [5.74, 6) is 0.00283. The molecule has 0 aromatic carbocycles. The zero-order valence-electron chi connectivity index (χ0n) is 21.7. The predicted octanol–water partition coefficient (Wildman–Crippen LogP) is 4.16. The number of nitrogens with zero attached hydrogens (tertiary/aromatic N) is 3. The van der Waals surface area contributed by atoms with Crippen molar-refractivity contribution < 1.29 is 17.7 Å². The van der Waals surface area contributed by atoms with E-state index in [1.54, 1.807) is 4.57 Å². The number of nitrogen functional groups attached to an aromatic ring is 1. The van der Waals surface area contributed by atoms with Gasteiger partial charge >= 0.3 is 17.1 Å². The minimum atomic E-state index is -2.84. The van der Waals surface area contributed by atoms with Gasteiger partial charge in [-0.1, -0.05) is 55.4 Å². The molecular weight excluding hydrogens is 506 g/mol. The van der Waals surface area contributed by atoms with Crippen molar-refractivity contribution in [2.45, 2.75) is 101 Å². The number of nitrogens with one attached hydrogen (secondary N) is 1. The van der Waals surface area contributed by atoms with Crippen LogP contribution in [0.5, 0.6) is 0 Å². The molecule has 4 rings (SSSR count). The molecule has 4 heterocycles. The van der Waals surface area contributed by atoms with Crippen molar-refractivity contribution in [3.05, 3.63) is 16.7 Å². The van der Waals surface area contributed by atoms with Gasteiger partial charge in [0.15, 0.2) is 17.4 Å². The fourth-order valence-corrected chi connectivity index (χ4v) is 17.2. The third kappa shape index (κ3) is 4.30. The molecule has 4 atom stereocenters. The maximum absolute atomic E-state index is 12.3. The molecule has 1 unspecified atom stereocenters. The van der Waals surface area contributed by atoms with Crippen LogP contribution in [0.3, 0.4) is 0 Å². The Kier molecular flexibility index (Phi) is 7.30. The Balaban J connectivity index is 1.79. The Morgan fingerprint density at radius 3 is 2.26 bits per heavy atom. The number of anilines is 1. The number of imidazole rings is 1. The van der Waals surface area contributed by atoms with Crippen LogP contribution >= 0.6 is 11.6 Å². The Morgan fingerprint density at radius 1 is 1.09 bits per heavy atom. The zero-order valence-corrected chi connectivity index (χ0v) is 24.5. The molecule has 0 saturated carbocycles. The number of aromatic amines is 1. The molecule has 0 radical (unpaired) electrons. The largest absolute Gasteiger partial charge is 0.414 e. The molecule has 0 aliphatic carbocycles. The first kappa shape index (κ1) is 26.8. The summed E-state index contributed by atoms with van der Waals surface area (Å²) in [6, 6.07) is 0. The van der Waals surface area contributed by atoms with Gasteiger partial charge in [-0.05, 0) is 22.2 Å². The molecule has 0 amide bonds. The second-order valence-corrected chi connectivity index (χ2v) is 20.2. The Bertz CT molecular complexity index is 1110. The lowest BCUT2D eigenvalue weighted by Gasteiger charge is -2.51. The Labute approximate surface area is 213 Å². The second-order valence-electron chi connectivity index (χ2n) is 10.8. The van der Waals surface area contributed by atoms with Gasteiger partial charge < -0.3 is 23.4 Å². The number of H-pyrrole nitrogens is 1. The van der Waals surface area contributed by atoms with Crippen molar-refractivity contribution in [1.29, 1.82) is 0 Å². The number of hydrogen-bond donors (Lipinski definition) is 2. The van der Waals surface area contributed by atoms with Crippen LogP contribution in [0.25, 0.3) is 11.2 Å². The topological polar surface area (TPSA) is 127 Å². The van der Waals surface area contributed by atoms with E-state index in [4.69, 9.17) is 35.0 Å². The average molecular weight is 544 g/mol. The monoisotopic (exact) mass is 543 g/mol. The lowest BCUT2D eigenvalue weighted by atomic mass is 10.2. The summed E-state index contributed by atoms with van der Waals surface area (Å²) in [7, 11) is -5.53. The summed E-state index contributed by atoms with van der Waals surface area (Å²) in [6.07, 6.45) is -0.00915. The van der Waals surface area contributed by atoms with Gasteiger partial charge in [0.1, 0.15) is 11.5 Å². The lowest BCUT2D eigenvalue weighted by molar-refractivity contribution is -0.0544. The first-order chi connectivity index (χ1) is 16.3. The summed E-state index contributed by atoms with van der Waals surface area (Å²) in [4.78, 5) is 23.3. The Morgan fingerprint density at radius 2 is 1.69 bits per heavy atom. The summed E-state index contributed by atoms with van der Waals surface area (Å²) >= 11 is 7.06. The smallest absolute Gasteiger partial charge is 0.335 e. The second kappa shape index (κ2) is 9.54. The molecular formula is C22H38ClN5O5Si2. The number of rotatable bonds is 5. The van der Waals surface area contributed by atoms with E-state index in [-0.39, 0.29) is 33.6 Å². The highest BCUT2D eigenvalue weighted by Crippen LogP contribution is 2.49. The summed E-state index contributed by atoms with van der Waals surface area (Å²) in [5, 5.41) is -0.580. The van der Waals surface area contributed by atoms with E-state index in [2.05, 4.69) is 70.3 Å². The van der Waals surface area contributed by atoms with Crippen LogP contribution in [0, 0.1) is 0 Å². The van der Waals surface area contributed by atoms with Crippen LogP contribution in [0.15, 0.2) is 11.1 Å². The van der Waals surface area contributed by atoms with E-state index in [0.29, 0.717) is 12.3 Å². The number of halogens is 1. The van der Waals surface area contributed by atoms with Crippen molar-refractivity contribution in [2.75, 3.05) is 12.3 Å². The van der Waals surface area contributed by atoms with Crippen molar-refractivity contribution in [3.63, 3.8) is 0 Å². The minimum Gasteiger partial charge on any atom is -0.414 e. The lowest BCUT2D eigenvalue weighted by Crippen LogP contribution is -2.65. The fraction of sp³-hybridized carbons (Fsp3) is 0.773. The predicted molar refractivity (Wildman–Crippen MR) is 140 cm³/mol. The molecule has 196 valence electrons. The van der Waals surface area contributed by atoms with Gasteiger partial charge in [0.05, 0.1) is 19.0 Å². The molecule has 2 saturated heterocycles. The van der Waals surface area contributed by atoms with Crippen LogP contribution < -0.4 is 11.3 Å². The van der Waals surface area contributed by atoms with E-state index in [1.165, 1.54) is 6.33 Å². The van der Waals surface area contributed by atoms with E-state index >= 15 is 0 Å². The fourth-order valence-electron chi connectivity index (χ4n) is 5.46. The highest BCUT2D eigenvalue weighted by Gasteiger charge is 2.61. The van der Waals surface area contributed by atoms with Gasteiger partial charge in [0.2, 0.25) is 5.95 Å². The number of ether oxygens (including phenoxy) is 1. The van der Waals surface area contributed by atoms with Crippen molar-refractivity contribution in [3.8, 4) is 0 Å². The summed E-state index contributed by atoms with van der Waals surface area (Å²) < 4.78 is 29.2. The first-order valence-electron chi connectivity index (χ1n) is 12.4. The number of alkyl halides is 1. The van der Waals surface area contributed by atoms with Crippen LogP contribution in [-0.4, -0.2) is 60.8 Å². The molecule has 2 aromatic rings. The third-order valence-electron chi connectivity index (χ3n) is 7.32. The number of aromatic nitrogens is 4. The maximum atomic E-state index is 12.3. The quantitative estimate of drug-likeness (QED) is 0.425. The maximum Gasteiger partial charge on any atom is 0.335 e. The van der Waals surface area contributed by atoms with Crippen LogP contribution in [0.2, 0.25) is 22.2 Å². The molecule has 35 heavy (non-hydrogen) atoms. The molecule has 13 heteroatoms. The zero-order chi connectivity index (χ0) is 25.9. The molecule has 0 spiro atoms. The van der Waals surface area contributed by atoms with E-state index in [1.807, 2.05) is 0 Å². The molecule has 2 aliphatic heterocycles. The van der Waals surface area contributed by atoms with Gasteiger partial charge in [-0.15, -0.1) is 11.6 Å². The van der Waals surface area contributed by atoms with Crippen LogP contribution in [-0.2, 0) is 17.7 Å². The average Bonchev–Trinajstić information content (AvgIpc) is 3.28. The van der Waals surface area contributed by atoms with Crippen LogP contribution in [0.1, 0.15) is 61.6 Å². The van der Waals surface area contributed by atoms with Gasteiger partial charge in [-0.25, -0.2) is 4.98 Å². The molecule has 0 bridgehead atoms. The van der Waals surface area contributed by atoms with Crippen LogP contribution in [0.4, 0.5) is 5.95 Å². The normalized spacial score (nSPS) is 28.7. The van der Waals surface area contributed by atoms with Crippen molar-refractivity contribution >= 4 is 45.8 Å². The molecule has 2 aromatic heterocycles. The molecule has 3 N–H and O–H groups in total. The minimum absolute atomic E-state index is 0.00283. The van der Waals surface area contributed by atoms with Crippen molar-refractivity contribution in [2.24, 2.45) is 0 Å². The summed E-state index contributed by atoms with van der Waals surface area (Å²) in [6.45, 7) is 17.7.